The van der Waals surface area contributed by atoms with E-state index in [1.165, 1.54) is 0 Å². The van der Waals surface area contributed by atoms with Crippen LogP contribution in [-0.2, 0) is 4.84 Å². The first kappa shape index (κ1) is 12.1. The number of thiazole rings is 1. The van der Waals surface area contributed by atoms with Gasteiger partial charge in [-0.25, -0.2) is 4.98 Å². The number of oxime groups is 1. The minimum absolute atomic E-state index is 0.0158. The molecular weight excluding hydrogens is 336 g/mol. The summed E-state index contributed by atoms with van der Waals surface area (Å²) in [6.45, 7) is 0. The molecule has 1 aliphatic rings. The van der Waals surface area contributed by atoms with Crippen LogP contribution in [0.25, 0.3) is 10.6 Å². The number of benzene rings is 1. The van der Waals surface area contributed by atoms with Crippen LogP contribution in [0.15, 0.2) is 35.6 Å². The molecule has 1 aliphatic heterocycles. The average molecular weight is 344 g/mol. The summed E-state index contributed by atoms with van der Waals surface area (Å²) < 4.78 is 0.842. The van der Waals surface area contributed by atoms with Gasteiger partial charge in [0, 0.05) is 23.2 Å². The highest BCUT2D eigenvalue weighted by atomic mass is 79.9. The molecule has 0 N–H and O–H groups in total. The monoisotopic (exact) mass is 342 g/mol. The first-order valence-electron chi connectivity index (χ1n) is 5.32. The first-order chi connectivity index (χ1) is 8.72. The molecule has 0 saturated heterocycles. The Labute approximate surface area is 122 Å². The van der Waals surface area contributed by atoms with E-state index in [4.69, 9.17) is 16.4 Å². The molecule has 1 aromatic carbocycles. The SMILES string of the molecule is Clc1ccc(-c2ncc([C@H]3CC(Br)=NO3)s2)cc1. The van der Waals surface area contributed by atoms with Crippen molar-refractivity contribution in [2.45, 2.75) is 12.5 Å². The Kier molecular flexibility index (Phi) is 3.37. The van der Waals surface area contributed by atoms with Crippen LogP contribution in [0.5, 0.6) is 0 Å². The number of halogens is 2. The molecule has 0 aliphatic carbocycles. The second-order valence-electron chi connectivity index (χ2n) is 3.84. The summed E-state index contributed by atoms with van der Waals surface area (Å²) in [5.74, 6) is 0. The van der Waals surface area contributed by atoms with Gasteiger partial charge in [0.25, 0.3) is 0 Å². The van der Waals surface area contributed by atoms with Gasteiger partial charge in [0.2, 0.25) is 0 Å². The van der Waals surface area contributed by atoms with Gasteiger partial charge in [0.05, 0.1) is 4.88 Å². The van der Waals surface area contributed by atoms with Gasteiger partial charge < -0.3 is 4.84 Å². The van der Waals surface area contributed by atoms with Crippen molar-refractivity contribution in [3.8, 4) is 10.6 Å². The zero-order valence-electron chi connectivity index (χ0n) is 9.14. The number of hydrogen-bond acceptors (Lipinski definition) is 4. The third kappa shape index (κ3) is 2.43. The van der Waals surface area contributed by atoms with Gasteiger partial charge in [-0.1, -0.05) is 28.9 Å². The van der Waals surface area contributed by atoms with Crippen molar-refractivity contribution < 1.29 is 4.84 Å². The Morgan fingerprint density at radius 1 is 1.33 bits per heavy atom. The molecule has 1 atom stereocenters. The van der Waals surface area contributed by atoms with Crippen molar-refractivity contribution in [1.29, 1.82) is 0 Å². The predicted molar refractivity (Wildman–Crippen MR) is 77.4 cm³/mol. The summed E-state index contributed by atoms with van der Waals surface area (Å²) in [4.78, 5) is 10.8. The molecule has 18 heavy (non-hydrogen) atoms. The molecule has 2 heterocycles. The maximum absolute atomic E-state index is 5.87. The van der Waals surface area contributed by atoms with Gasteiger partial charge in [0.15, 0.2) is 6.10 Å². The van der Waals surface area contributed by atoms with Crippen LogP contribution in [0, 0.1) is 0 Å². The molecule has 0 spiro atoms. The molecular formula is C12H8BrClN2OS. The van der Waals surface area contributed by atoms with E-state index in [2.05, 4.69) is 26.1 Å². The molecule has 3 nitrogen and oxygen atoms in total. The minimum atomic E-state index is -0.0158. The van der Waals surface area contributed by atoms with Crippen molar-refractivity contribution in [1.82, 2.24) is 4.98 Å². The van der Waals surface area contributed by atoms with Crippen molar-refractivity contribution in [2.75, 3.05) is 0 Å². The van der Waals surface area contributed by atoms with Crippen LogP contribution >= 0.6 is 38.9 Å². The van der Waals surface area contributed by atoms with Crippen molar-refractivity contribution in [2.24, 2.45) is 5.16 Å². The molecule has 0 bridgehead atoms. The number of nitrogens with zero attached hydrogens (tertiary/aromatic N) is 2. The first-order valence-corrected chi connectivity index (χ1v) is 7.31. The maximum Gasteiger partial charge on any atom is 0.169 e. The minimum Gasteiger partial charge on any atom is -0.386 e. The third-order valence-corrected chi connectivity index (χ3v) is 4.42. The fourth-order valence-corrected chi connectivity index (χ4v) is 3.11. The number of hydrogen-bond donors (Lipinski definition) is 0. The Morgan fingerprint density at radius 2 is 2.11 bits per heavy atom. The Morgan fingerprint density at radius 3 is 2.78 bits per heavy atom. The highest BCUT2D eigenvalue weighted by Crippen LogP contribution is 2.35. The van der Waals surface area contributed by atoms with Gasteiger partial charge in [0.1, 0.15) is 9.63 Å². The van der Waals surface area contributed by atoms with E-state index < -0.39 is 0 Å². The van der Waals surface area contributed by atoms with Crippen molar-refractivity contribution >= 4 is 43.5 Å². The molecule has 0 unspecified atom stereocenters. The second-order valence-corrected chi connectivity index (χ2v) is 6.25. The molecule has 0 amide bonds. The normalized spacial score (nSPS) is 18.6. The Hall–Kier alpha value is -0.910. The highest BCUT2D eigenvalue weighted by Gasteiger charge is 2.23. The Bertz CT molecular complexity index is 596. The van der Waals surface area contributed by atoms with E-state index in [-0.39, 0.29) is 6.10 Å². The van der Waals surface area contributed by atoms with E-state index in [1.807, 2.05) is 30.5 Å². The molecule has 0 fully saturated rings. The zero-order valence-corrected chi connectivity index (χ0v) is 12.3. The third-order valence-electron chi connectivity index (χ3n) is 2.56. The maximum atomic E-state index is 5.87. The summed E-state index contributed by atoms with van der Waals surface area (Å²) in [5, 5.41) is 5.58. The van der Waals surface area contributed by atoms with Crippen LogP contribution in [-0.4, -0.2) is 9.60 Å². The second kappa shape index (κ2) is 4.99. The fraction of sp³-hybridized carbons (Fsp3) is 0.167. The largest absolute Gasteiger partial charge is 0.386 e. The fourth-order valence-electron chi connectivity index (χ4n) is 1.66. The summed E-state index contributed by atoms with van der Waals surface area (Å²) in [6.07, 6.45) is 2.60. The molecule has 0 saturated carbocycles. The van der Waals surface area contributed by atoms with E-state index in [0.717, 1.165) is 31.5 Å². The topological polar surface area (TPSA) is 34.5 Å². The zero-order chi connectivity index (χ0) is 12.5. The predicted octanol–water partition coefficient (Wildman–Crippen LogP) is 4.63. The Balaban J connectivity index is 1.83. The standard InChI is InChI=1S/C12H8BrClN2OS/c13-11-5-9(17-16-11)10-6-15-12(18-10)7-1-3-8(14)4-2-7/h1-4,6,9H,5H2/t9-/m1/s1. The van der Waals surface area contributed by atoms with Gasteiger partial charge in [-0.3, -0.25) is 0 Å². The van der Waals surface area contributed by atoms with Gasteiger partial charge in [-0.05, 0) is 28.1 Å². The van der Waals surface area contributed by atoms with Crippen LogP contribution < -0.4 is 0 Å². The van der Waals surface area contributed by atoms with Gasteiger partial charge in [-0.2, -0.15) is 0 Å². The average Bonchev–Trinajstić information content (AvgIpc) is 2.98. The molecule has 92 valence electrons. The van der Waals surface area contributed by atoms with Crippen LogP contribution in [0.1, 0.15) is 17.4 Å². The van der Waals surface area contributed by atoms with E-state index >= 15 is 0 Å². The quantitative estimate of drug-likeness (QED) is 0.796. The van der Waals surface area contributed by atoms with Crippen LogP contribution in [0.4, 0.5) is 0 Å². The van der Waals surface area contributed by atoms with Gasteiger partial charge >= 0.3 is 0 Å². The highest BCUT2D eigenvalue weighted by molar-refractivity contribution is 9.18. The molecule has 1 aromatic heterocycles. The number of aromatic nitrogens is 1. The lowest BCUT2D eigenvalue weighted by molar-refractivity contribution is 0.0882. The molecule has 3 rings (SSSR count). The summed E-state index contributed by atoms with van der Waals surface area (Å²) in [7, 11) is 0. The summed E-state index contributed by atoms with van der Waals surface area (Å²) in [5.41, 5.74) is 1.06. The smallest absolute Gasteiger partial charge is 0.169 e. The molecule has 0 radical (unpaired) electrons. The lowest BCUT2D eigenvalue weighted by Gasteiger charge is -2.02. The number of rotatable bonds is 2. The lowest BCUT2D eigenvalue weighted by atomic mass is 10.2. The molecule has 6 heteroatoms. The molecule has 2 aromatic rings. The van der Waals surface area contributed by atoms with E-state index in [1.54, 1.807) is 11.3 Å². The summed E-state index contributed by atoms with van der Waals surface area (Å²) in [6, 6.07) is 7.66. The van der Waals surface area contributed by atoms with Crippen LogP contribution in [0.2, 0.25) is 5.02 Å². The van der Waals surface area contributed by atoms with E-state index in [0.29, 0.717) is 0 Å². The lowest BCUT2D eigenvalue weighted by Crippen LogP contribution is -1.92. The van der Waals surface area contributed by atoms with Crippen molar-refractivity contribution in [3.05, 3.63) is 40.4 Å². The van der Waals surface area contributed by atoms with Gasteiger partial charge in [-0.15, -0.1) is 11.3 Å². The van der Waals surface area contributed by atoms with Crippen LogP contribution in [0.3, 0.4) is 0 Å². The summed E-state index contributed by atoms with van der Waals surface area (Å²) >= 11 is 10.8. The van der Waals surface area contributed by atoms with Crippen molar-refractivity contribution in [3.63, 3.8) is 0 Å². The van der Waals surface area contributed by atoms with E-state index in [9.17, 15) is 0 Å².